The van der Waals surface area contributed by atoms with Crippen molar-refractivity contribution in [1.29, 1.82) is 0 Å². The number of hydrogen-bond donors (Lipinski definition) is 2. The molecule has 0 spiro atoms. The number of aliphatic carboxylic acids is 1. The fourth-order valence-electron chi connectivity index (χ4n) is 0.876. The Morgan fingerprint density at radius 2 is 2.10 bits per heavy atom. The standard InChI is InChI=1S/C7H15NO2/c1-5(6(9)10)4-7(2,3)8/h5H,4,8H2,1-3H3,(H,9,10). The molecule has 0 aliphatic heterocycles. The molecule has 0 aliphatic carbocycles. The number of rotatable bonds is 3. The molecule has 0 aromatic rings. The Balaban J connectivity index is 3.80. The van der Waals surface area contributed by atoms with Crippen LogP contribution in [0.25, 0.3) is 0 Å². The van der Waals surface area contributed by atoms with E-state index in [0.29, 0.717) is 6.42 Å². The zero-order chi connectivity index (χ0) is 8.36. The van der Waals surface area contributed by atoms with Gasteiger partial charge in [-0.2, -0.15) is 0 Å². The van der Waals surface area contributed by atoms with Crippen molar-refractivity contribution in [2.45, 2.75) is 32.7 Å². The minimum Gasteiger partial charge on any atom is -0.481 e. The zero-order valence-electron chi connectivity index (χ0n) is 6.72. The Labute approximate surface area is 61.2 Å². The topological polar surface area (TPSA) is 63.3 Å². The summed E-state index contributed by atoms with van der Waals surface area (Å²) in [7, 11) is 0. The molecule has 0 amide bonds. The molecule has 0 fully saturated rings. The maximum absolute atomic E-state index is 10.3. The van der Waals surface area contributed by atoms with Gasteiger partial charge in [-0.1, -0.05) is 6.92 Å². The maximum Gasteiger partial charge on any atom is 0.306 e. The number of nitrogens with two attached hydrogens (primary N) is 1. The van der Waals surface area contributed by atoms with Crippen LogP contribution in [0.3, 0.4) is 0 Å². The Morgan fingerprint density at radius 3 is 2.20 bits per heavy atom. The van der Waals surface area contributed by atoms with Gasteiger partial charge < -0.3 is 10.8 Å². The zero-order valence-corrected chi connectivity index (χ0v) is 6.72. The van der Waals surface area contributed by atoms with Crippen LogP contribution in [-0.4, -0.2) is 16.6 Å². The summed E-state index contributed by atoms with van der Waals surface area (Å²) in [6.45, 7) is 5.32. The van der Waals surface area contributed by atoms with Crippen molar-refractivity contribution in [3.63, 3.8) is 0 Å². The van der Waals surface area contributed by atoms with E-state index in [0.717, 1.165) is 0 Å². The highest BCUT2D eigenvalue weighted by Crippen LogP contribution is 2.12. The van der Waals surface area contributed by atoms with E-state index in [2.05, 4.69) is 0 Å². The van der Waals surface area contributed by atoms with E-state index in [9.17, 15) is 4.79 Å². The second-order valence-electron chi connectivity index (χ2n) is 3.43. The van der Waals surface area contributed by atoms with Gasteiger partial charge in [0.05, 0.1) is 5.92 Å². The summed E-state index contributed by atoms with van der Waals surface area (Å²) < 4.78 is 0. The van der Waals surface area contributed by atoms with Crippen molar-refractivity contribution < 1.29 is 9.90 Å². The lowest BCUT2D eigenvalue weighted by Crippen LogP contribution is -2.35. The summed E-state index contributed by atoms with van der Waals surface area (Å²) in [5, 5.41) is 8.49. The predicted octanol–water partition coefficient (Wildman–Crippen LogP) is 0.834. The van der Waals surface area contributed by atoms with Gasteiger partial charge in [0.25, 0.3) is 0 Å². The van der Waals surface area contributed by atoms with Gasteiger partial charge in [-0.3, -0.25) is 4.79 Å². The number of hydrogen-bond acceptors (Lipinski definition) is 2. The summed E-state index contributed by atoms with van der Waals surface area (Å²) >= 11 is 0. The second kappa shape index (κ2) is 3.01. The highest BCUT2D eigenvalue weighted by molar-refractivity contribution is 5.69. The monoisotopic (exact) mass is 145 g/mol. The highest BCUT2D eigenvalue weighted by Gasteiger charge is 2.19. The summed E-state index contributed by atoms with van der Waals surface area (Å²) in [5.41, 5.74) is 5.23. The van der Waals surface area contributed by atoms with Crippen molar-refractivity contribution in [3.8, 4) is 0 Å². The molecule has 1 unspecified atom stereocenters. The molecule has 0 radical (unpaired) electrons. The van der Waals surface area contributed by atoms with Crippen LogP contribution < -0.4 is 5.73 Å². The molecule has 0 bridgehead atoms. The number of carboxylic acids is 1. The summed E-state index contributed by atoms with van der Waals surface area (Å²) in [6, 6.07) is 0. The second-order valence-corrected chi connectivity index (χ2v) is 3.43. The average Bonchev–Trinajstić information content (AvgIpc) is 1.60. The van der Waals surface area contributed by atoms with Gasteiger partial charge in [0, 0.05) is 5.54 Å². The molecular weight excluding hydrogens is 130 g/mol. The third-order valence-electron chi connectivity index (χ3n) is 1.25. The third kappa shape index (κ3) is 4.32. The van der Waals surface area contributed by atoms with Crippen molar-refractivity contribution in [2.24, 2.45) is 11.7 Å². The van der Waals surface area contributed by atoms with Crippen LogP contribution in [0.1, 0.15) is 27.2 Å². The van der Waals surface area contributed by atoms with Crippen LogP contribution in [0.2, 0.25) is 0 Å². The van der Waals surface area contributed by atoms with Crippen LogP contribution in [0.4, 0.5) is 0 Å². The first-order valence-corrected chi connectivity index (χ1v) is 3.34. The number of carbonyl (C=O) groups is 1. The Kier molecular flexibility index (Phi) is 2.84. The molecule has 0 rings (SSSR count). The molecule has 0 heterocycles. The van der Waals surface area contributed by atoms with Gasteiger partial charge in [-0.25, -0.2) is 0 Å². The molecule has 0 aromatic heterocycles. The van der Waals surface area contributed by atoms with E-state index in [4.69, 9.17) is 10.8 Å². The highest BCUT2D eigenvalue weighted by atomic mass is 16.4. The fraction of sp³-hybridized carbons (Fsp3) is 0.857. The molecule has 3 heteroatoms. The molecule has 3 nitrogen and oxygen atoms in total. The van der Waals surface area contributed by atoms with Gasteiger partial charge in [-0.05, 0) is 20.3 Å². The van der Waals surface area contributed by atoms with Crippen LogP contribution in [-0.2, 0) is 4.79 Å². The van der Waals surface area contributed by atoms with Crippen LogP contribution in [0.5, 0.6) is 0 Å². The largest absolute Gasteiger partial charge is 0.481 e. The SMILES string of the molecule is CC(CC(C)(C)N)C(=O)O. The van der Waals surface area contributed by atoms with E-state index in [1.165, 1.54) is 0 Å². The molecule has 0 aliphatic rings. The van der Waals surface area contributed by atoms with Gasteiger partial charge in [-0.15, -0.1) is 0 Å². The van der Waals surface area contributed by atoms with Crippen LogP contribution >= 0.6 is 0 Å². The molecular formula is C7H15NO2. The molecule has 0 aromatic carbocycles. The van der Waals surface area contributed by atoms with E-state index >= 15 is 0 Å². The van der Waals surface area contributed by atoms with E-state index in [1.54, 1.807) is 6.92 Å². The quantitative estimate of drug-likeness (QED) is 0.618. The Hall–Kier alpha value is -0.570. The van der Waals surface area contributed by atoms with Crippen molar-refractivity contribution in [3.05, 3.63) is 0 Å². The van der Waals surface area contributed by atoms with Crippen molar-refractivity contribution in [2.75, 3.05) is 0 Å². The lowest BCUT2D eigenvalue weighted by molar-refractivity contribution is -0.141. The van der Waals surface area contributed by atoms with Crippen molar-refractivity contribution >= 4 is 5.97 Å². The molecule has 60 valence electrons. The minimum atomic E-state index is -0.779. The molecule has 0 saturated heterocycles. The van der Waals surface area contributed by atoms with Crippen molar-refractivity contribution in [1.82, 2.24) is 0 Å². The lowest BCUT2D eigenvalue weighted by atomic mass is 9.93. The smallest absolute Gasteiger partial charge is 0.306 e. The number of carboxylic acid groups (broad SMARTS) is 1. The van der Waals surface area contributed by atoms with Gasteiger partial charge in [0.1, 0.15) is 0 Å². The molecule has 1 atom stereocenters. The molecule has 10 heavy (non-hydrogen) atoms. The lowest BCUT2D eigenvalue weighted by Gasteiger charge is -2.20. The van der Waals surface area contributed by atoms with Gasteiger partial charge >= 0.3 is 5.97 Å². The first-order valence-electron chi connectivity index (χ1n) is 3.34. The predicted molar refractivity (Wildman–Crippen MR) is 39.7 cm³/mol. The van der Waals surface area contributed by atoms with Crippen LogP contribution in [0.15, 0.2) is 0 Å². The first kappa shape index (κ1) is 9.43. The normalized spacial score (nSPS) is 14.8. The van der Waals surface area contributed by atoms with E-state index in [1.807, 2.05) is 13.8 Å². The van der Waals surface area contributed by atoms with E-state index < -0.39 is 5.97 Å². The van der Waals surface area contributed by atoms with E-state index in [-0.39, 0.29) is 11.5 Å². The van der Waals surface area contributed by atoms with Gasteiger partial charge in [0.2, 0.25) is 0 Å². The fourth-order valence-corrected chi connectivity index (χ4v) is 0.876. The van der Waals surface area contributed by atoms with Crippen LogP contribution in [0, 0.1) is 5.92 Å². The minimum absolute atomic E-state index is 0.347. The average molecular weight is 145 g/mol. The molecule has 3 N–H and O–H groups in total. The van der Waals surface area contributed by atoms with Gasteiger partial charge in [0.15, 0.2) is 0 Å². The third-order valence-corrected chi connectivity index (χ3v) is 1.25. The Morgan fingerprint density at radius 1 is 1.70 bits per heavy atom. The first-order chi connectivity index (χ1) is 4.33. The molecule has 0 saturated carbocycles. The summed E-state index contributed by atoms with van der Waals surface area (Å²) in [4.78, 5) is 10.3. The maximum atomic E-state index is 10.3. The Bertz CT molecular complexity index is 126. The summed E-state index contributed by atoms with van der Waals surface area (Å²) in [6.07, 6.45) is 0.516. The summed E-state index contributed by atoms with van der Waals surface area (Å²) in [5.74, 6) is -1.13.